The smallest absolute Gasteiger partial charge is 0.123 e. The van der Waals surface area contributed by atoms with E-state index in [1.807, 2.05) is 0 Å². The Morgan fingerprint density at radius 2 is 1.04 bits per heavy atom. The molecule has 4 atom stereocenters. The van der Waals surface area contributed by atoms with Crippen LogP contribution in [0.1, 0.15) is 17.0 Å². The summed E-state index contributed by atoms with van der Waals surface area (Å²) in [7, 11) is 0. The van der Waals surface area contributed by atoms with E-state index in [2.05, 4.69) is 0 Å². The van der Waals surface area contributed by atoms with Gasteiger partial charge in [0.2, 0.25) is 0 Å². The van der Waals surface area contributed by atoms with Gasteiger partial charge in [0.05, 0.1) is 12.7 Å². The zero-order valence-corrected chi connectivity index (χ0v) is 13.2. The molecule has 136 valence electrons. The van der Waals surface area contributed by atoms with Crippen molar-refractivity contribution in [2.75, 3.05) is 6.61 Å². The van der Waals surface area contributed by atoms with E-state index in [0.29, 0.717) is 11.1 Å². The van der Waals surface area contributed by atoms with Gasteiger partial charge in [0.1, 0.15) is 29.9 Å². The maximum atomic E-state index is 13.2. The molecule has 0 amide bonds. The molecule has 7 heteroatoms. The standard InChI is InChI=1S/C18H20F2O5/c19-12-5-1-10(2-6-12)15(11-3-7-13(20)8-4-11)17(24)18(25)16(23)14(22)9-21/h1-8,14-18,21-25H,9H2/t14-,16-,17+,18+/m1/s1. The molecule has 2 rings (SSSR count). The Bertz CT molecular complexity index is 617. The summed E-state index contributed by atoms with van der Waals surface area (Å²) in [5.74, 6) is -1.91. The predicted molar refractivity (Wildman–Crippen MR) is 85.8 cm³/mol. The summed E-state index contributed by atoms with van der Waals surface area (Å²) >= 11 is 0. The molecule has 0 radical (unpaired) electrons. The van der Waals surface area contributed by atoms with Crippen molar-refractivity contribution in [3.05, 3.63) is 71.3 Å². The van der Waals surface area contributed by atoms with Crippen LogP contribution in [0.4, 0.5) is 8.78 Å². The second kappa shape index (κ2) is 8.46. The second-order valence-electron chi connectivity index (χ2n) is 5.80. The molecule has 0 spiro atoms. The van der Waals surface area contributed by atoms with Crippen LogP contribution in [0.2, 0.25) is 0 Å². The Hall–Kier alpha value is -1.90. The van der Waals surface area contributed by atoms with E-state index in [1.165, 1.54) is 48.5 Å². The molecule has 5 N–H and O–H groups in total. The fourth-order valence-electron chi connectivity index (χ4n) is 2.66. The van der Waals surface area contributed by atoms with E-state index >= 15 is 0 Å². The molecule has 0 saturated heterocycles. The van der Waals surface area contributed by atoms with Gasteiger partial charge in [-0.1, -0.05) is 24.3 Å². The monoisotopic (exact) mass is 354 g/mol. The molecule has 0 heterocycles. The Morgan fingerprint density at radius 1 is 0.640 bits per heavy atom. The fourth-order valence-corrected chi connectivity index (χ4v) is 2.66. The van der Waals surface area contributed by atoms with E-state index in [9.17, 15) is 29.2 Å². The van der Waals surface area contributed by atoms with Crippen LogP contribution in [0.25, 0.3) is 0 Å². The van der Waals surface area contributed by atoms with Gasteiger partial charge >= 0.3 is 0 Å². The summed E-state index contributed by atoms with van der Waals surface area (Å²) < 4.78 is 26.4. The molecule has 0 aromatic heterocycles. The van der Waals surface area contributed by atoms with Gasteiger partial charge in [-0.2, -0.15) is 0 Å². The largest absolute Gasteiger partial charge is 0.394 e. The number of benzene rings is 2. The average Bonchev–Trinajstić information content (AvgIpc) is 2.63. The predicted octanol–water partition coefficient (Wildman–Crippen LogP) is 0.533. The Kier molecular flexibility index (Phi) is 6.57. The summed E-state index contributed by atoms with van der Waals surface area (Å²) in [6.45, 7) is -0.803. The number of hydrogen-bond acceptors (Lipinski definition) is 5. The molecule has 5 nitrogen and oxygen atoms in total. The molecule has 0 aliphatic heterocycles. The first-order chi connectivity index (χ1) is 11.8. The van der Waals surface area contributed by atoms with Crippen molar-refractivity contribution in [1.29, 1.82) is 0 Å². The van der Waals surface area contributed by atoms with Crippen molar-refractivity contribution in [1.82, 2.24) is 0 Å². The van der Waals surface area contributed by atoms with E-state index in [0.717, 1.165) is 0 Å². The van der Waals surface area contributed by atoms with Crippen LogP contribution in [0.5, 0.6) is 0 Å². The van der Waals surface area contributed by atoms with Crippen molar-refractivity contribution < 1.29 is 34.3 Å². The van der Waals surface area contributed by atoms with E-state index in [-0.39, 0.29) is 0 Å². The molecule has 0 aliphatic carbocycles. The minimum absolute atomic E-state index is 0.422. The molecule has 0 unspecified atom stereocenters. The minimum atomic E-state index is -1.80. The second-order valence-corrected chi connectivity index (χ2v) is 5.80. The third-order valence-corrected chi connectivity index (χ3v) is 4.08. The maximum Gasteiger partial charge on any atom is 0.123 e. The third kappa shape index (κ3) is 4.59. The van der Waals surface area contributed by atoms with Crippen LogP contribution in [0, 0.1) is 11.6 Å². The van der Waals surface area contributed by atoms with Crippen molar-refractivity contribution in [2.45, 2.75) is 30.3 Å². The highest BCUT2D eigenvalue weighted by Crippen LogP contribution is 2.31. The number of aliphatic hydroxyl groups is 5. The fraction of sp³-hybridized carbons (Fsp3) is 0.333. The van der Waals surface area contributed by atoms with Crippen LogP contribution in [0.3, 0.4) is 0 Å². The van der Waals surface area contributed by atoms with Crippen molar-refractivity contribution in [3.63, 3.8) is 0 Å². The van der Waals surface area contributed by atoms with E-state index in [1.54, 1.807) is 0 Å². The highest BCUT2D eigenvalue weighted by molar-refractivity contribution is 5.34. The molecule has 2 aromatic rings. The topological polar surface area (TPSA) is 101 Å². The van der Waals surface area contributed by atoms with Gasteiger partial charge in [0, 0.05) is 5.92 Å². The molecule has 2 aromatic carbocycles. The number of halogens is 2. The SMILES string of the molecule is OC[C@@H](O)[C@@H](O)[C@H](O)[C@@H](O)C(c1ccc(F)cc1)c1ccc(F)cc1. The van der Waals surface area contributed by atoms with E-state index in [4.69, 9.17) is 5.11 Å². The Labute approximate surface area is 143 Å². The highest BCUT2D eigenvalue weighted by atomic mass is 19.1. The van der Waals surface area contributed by atoms with Gasteiger partial charge in [-0.15, -0.1) is 0 Å². The van der Waals surface area contributed by atoms with Gasteiger partial charge in [0.15, 0.2) is 0 Å². The lowest BCUT2D eigenvalue weighted by Gasteiger charge is -2.31. The molecule has 25 heavy (non-hydrogen) atoms. The van der Waals surface area contributed by atoms with Crippen LogP contribution < -0.4 is 0 Å². The third-order valence-electron chi connectivity index (χ3n) is 4.08. The van der Waals surface area contributed by atoms with Gasteiger partial charge in [-0.25, -0.2) is 8.78 Å². The zero-order chi connectivity index (χ0) is 18.6. The minimum Gasteiger partial charge on any atom is -0.394 e. The number of hydrogen-bond donors (Lipinski definition) is 5. The van der Waals surface area contributed by atoms with Crippen molar-refractivity contribution in [3.8, 4) is 0 Å². The first-order valence-electron chi connectivity index (χ1n) is 7.69. The normalized spacial score (nSPS) is 16.5. The van der Waals surface area contributed by atoms with Gasteiger partial charge in [-0.3, -0.25) is 0 Å². The summed E-state index contributed by atoms with van der Waals surface area (Å²) in [6.07, 6.45) is -6.86. The molecule has 0 saturated carbocycles. The van der Waals surface area contributed by atoms with Crippen molar-refractivity contribution >= 4 is 0 Å². The lowest BCUT2D eigenvalue weighted by atomic mass is 9.82. The van der Waals surface area contributed by atoms with Crippen LogP contribution in [0.15, 0.2) is 48.5 Å². The Balaban J connectivity index is 2.40. The maximum absolute atomic E-state index is 13.2. The van der Waals surface area contributed by atoms with Gasteiger partial charge in [-0.05, 0) is 35.4 Å². The lowest BCUT2D eigenvalue weighted by molar-refractivity contribution is -0.117. The van der Waals surface area contributed by atoms with Crippen LogP contribution in [-0.4, -0.2) is 56.6 Å². The van der Waals surface area contributed by atoms with Crippen LogP contribution >= 0.6 is 0 Å². The summed E-state index contributed by atoms with van der Waals surface area (Å²) in [6, 6.07) is 10.3. The van der Waals surface area contributed by atoms with E-state index < -0.39 is 48.6 Å². The molecule has 0 fully saturated rings. The zero-order valence-electron chi connectivity index (χ0n) is 13.2. The summed E-state index contributed by atoms with van der Waals surface area (Å²) in [4.78, 5) is 0. The number of aliphatic hydroxyl groups excluding tert-OH is 5. The number of rotatable bonds is 7. The quantitative estimate of drug-likeness (QED) is 0.499. The highest BCUT2D eigenvalue weighted by Gasteiger charge is 2.36. The van der Waals surface area contributed by atoms with Gasteiger partial charge in [0.25, 0.3) is 0 Å². The molecular formula is C18H20F2O5. The van der Waals surface area contributed by atoms with Gasteiger partial charge < -0.3 is 25.5 Å². The van der Waals surface area contributed by atoms with Crippen molar-refractivity contribution in [2.24, 2.45) is 0 Å². The average molecular weight is 354 g/mol. The molecule has 0 aliphatic rings. The molecular weight excluding hydrogens is 334 g/mol. The summed E-state index contributed by atoms with van der Waals surface area (Å²) in [5.41, 5.74) is 0.843. The summed E-state index contributed by atoms with van der Waals surface area (Å²) in [5, 5.41) is 48.9. The van der Waals surface area contributed by atoms with Crippen LogP contribution in [-0.2, 0) is 0 Å². The molecule has 0 bridgehead atoms. The lowest BCUT2D eigenvalue weighted by Crippen LogP contribution is -2.48. The first-order valence-corrected chi connectivity index (χ1v) is 7.69. The first kappa shape index (κ1) is 19.4. The Morgan fingerprint density at radius 3 is 1.40 bits per heavy atom.